The van der Waals surface area contributed by atoms with Crippen LogP contribution >= 0.6 is 0 Å². The highest BCUT2D eigenvalue weighted by Crippen LogP contribution is 2.30. The van der Waals surface area contributed by atoms with Gasteiger partial charge in [-0.3, -0.25) is 4.79 Å². The minimum Gasteiger partial charge on any atom is -0.460 e. The first-order chi connectivity index (χ1) is 11.0. The van der Waals surface area contributed by atoms with Crippen molar-refractivity contribution in [2.45, 2.75) is 46.0 Å². The van der Waals surface area contributed by atoms with Crippen LogP contribution in [0.25, 0.3) is 11.0 Å². The van der Waals surface area contributed by atoms with Gasteiger partial charge in [0.2, 0.25) is 5.91 Å². The van der Waals surface area contributed by atoms with Gasteiger partial charge >= 0.3 is 0 Å². The fraction of sp³-hybridized carbons (Fsp3) is 0.526. The highest BCUT2D eigenvalue weighted by atomic mass is 16.3. The second-order valence-corrected chi connectivity index (χ2v) is 6.31. The second-order valence-electron chi connectivity index (χ2n) is 6.31. The average molecular weight is 317 g/mol. The second kappa shape index (κ2) is 7.64. The zero-order chi connectivity index (χ0) is 16.9. The van der Waals surface area contributed by atoms with Gasteiger partial charge in [-0.25, -0.2) is 0 Å². The maximum absolute atomic E-state index is 12.5. The molecule has 0 bridgehead atoms. The number of fused-ring (bicyclic) bond motifs is 1. The third-order valence-corrected chi connectivity index (χ3v) is 5.04. The summed E-state index contributed by atoms with van der Waals surface area (Å²) in [6.45, 7) is 6.81. The van der Waals surface area contributed by atoms with Gasteiger partial charge < -0.3 is 14.8 Å². The predicted molar refractivity (Wildman–Crippen MR) is 92.4 cm³/mol. The smallest absolute Gasteiger partial charge is 0.230 e. The number of para-hydroxylation sites is 1. The highest BCUT2D eigenvalue weighted by molar-refractivity contribution is 5.85. The van der Waals surface area contributed by atoms with Crippen molar-refractivity contribution >= 4 is 16.9 Å². The van der Waals surface area contributed by atoms with E-state index in [1.54, 1.807) is 0 Å². The first-order valence-electron chi connectivity index (χ1n) is 8.42. The number of hydrogen-bond acceptors (Lipinski definition) is 3. The molecule has 1 aromatic carbocycles. The molecule has 1 atom stereocenters. The summed E-state index contributed by atoms with van der Waals surface area (Å²) >= 11 is 0. The number of hydrogen-bond donors (Lipinski definition) is 2. The summed E-state index contributed by atoms with van der Waals surface area (Å²) < 4.78 is 5.78. The number of aliphatic hydroxyl groups is 1. The van der Waals surface area contributed by atoms with Crippen molar-refractivity contribution in [3.8, 4) is 0 Å². The summed E-state index contributed by atoms with van der Waals surface area (Å²) in [7, 11) is 0. The van der Waals surface area contributed by atoms with Gasteiger partial charge in [-0.2, -0.15) is 0 Å². The third kappa shape index (κ3) is 3.94. The van der Waals surface area contributed by atoms with Gasteiger partial charge in [-0.15, -0.1) is 0 Å². The Kier molecular flexibility index (Phi) is 5.83. The number of amides is 1. The van der Waals surface area contributed by atoms with E-state index in [4.69, 9.17) is 4.42 Å². The number of carbonyl (C=O) groups excluding carboxylic acids is 1. The zero-order valence-electron chi connectivity index (χ0n) is 14.3. The van der Waals surface area contributed by atoms with Crippen LogP contribution in [0.5, 0.6) is 0 Å². The van der Waals surface area contributed by atoms with E-state index in [1.165, 1.54) is 0 Å². The first-order valence-corrected chi connectivity index (χ1v) is 8.42. The van der Waals surface area contributed by atoms with Crippen molar-refractivity contribution in [1.29, 1.82) is 0 Å². The molecule has 1 unspecified atom stereocenters. The molecule has 23 heavy (non-hydrogen) atoms. The van der Waals surface area contributed by atoms with E-state index >= 15 is 0 Å². The van der Waals surface area contributed by atoms with E-state index in [0.717, 1.165) is 23.8 Å². The van der Waals surface area contributed by atoms with Crippen molar-refractivity contribution in [3.05, 3.63) is 36.1 Å². The maximum Gasteiger partial charge on any atom is 0.230 e. The summed E-state index contributed by atoms with van der Waals surface area (Å²) in [5.74, 6) is 0.320. The van der Waals surface area contributed by atoms with E-state index in [9.17, 15) is 9.90 Å². The lowest BCUT2D eigenvalue weighted by Crippen LogP contribution is -2.39. The Morgan fingerprint density at radius 1 is 1.30 bits per heavy atom. The Morgan fingerprint density at radius 2 is 2.00 bits per heavy atom. The molecule has 0 spiro atoms. The quantitative estimate of drug-likeness (QED) is 0.777. The molecule has 0 aliphatic heterocycles. The Bertz CT molecular complexity index is 610. The van der Waals surface area contributed by atoms with Gasteiger partial charge in [0.15, 0.2) is 0 Å². The average Bonchev–Trinajstić information content (AvgIpc) is 3.01. The molecule has 1 amide bonds. The lowest BCUT2D eigenvalue weighted by Gasteiger charge is -2.31. The third-order valence-electron chi connectivity index (χ3n) is 5.04. The number of rotatable bonds is 8. The molecular formula is C19H27NO3. The van der Waals surface area contributed by atoms with Crippen LogP contribution in [0.3, 0.4) is 0 Å². The number of nitrogens with one attached hydrogen (secondary N) is 1. The molecule has 1 heterocycles. The Morgan fingerprint density at radius 3 is 2.61 bits per heavy atom. The van der Waals surface area contributed by atoms with Crippen molar-refractivity contribution in [3.63, 3.8) is 0 Å². The summed E-state index contributed by atoms with van der Waals surface area (Å²) in [6, 6.07) is 9.70. The van der Waals surface area contributed by atoms with Crippen LogP contribution in [-0.2, 0) is 4.79 Å². The summed E-state index contributed by atoms with van der Waals surface area (Å²) in [6.07, 6.45) is 2.58. The lowest BCUT2D eigenvalue weighted by atomic mass is 9.79. The van der Waals surface area contributed by atoms with E-state index < -0.39 is 0 Å². The van der Waals surface area contributed by atoms with Gasteiger partial charge in [-0.05, 0) is 43.7 Å². The van der Waals surface area contributed by atoms with Gasteiger partial charge in [0.25, 0.3) is 0 Å². The molecule has 126 valence electrons. The van der Waals surface area contributed by atoms with E-state index in [-0.39, 0.29) is 23.8 Å². The zero-order valence-corrected chi connectivity index (χ0v) is 14.3. The minimum absolute atomic E-state index is 0.0298. The van der Waals surface area contributed by atoms with Crippen LogP contribution in [-0.4, -0.2) is 24.2 Å². The van der Waals surface area contributed by atoms with E-state index in [2.05, 4.69) is 19.2 Å². The molecular weight excluding hydrogens is 290 g/mol. The van der Waals surface area contributed by atoms with Crippen LogP contribution < -0.4 is 5.32 Å². The Labute approximate surface area is 137 Å². The molecule has 0 saturated carbocycles. The van der Waals surface area contributed by atoms with Gasteiger partial charge in [0, 0.05) is 18.5 Å². The topological polar surface area (TPSA) is 62.5 Å². The van der Waals surface area contributed by atoms with Crippen molar-refractivity contribution in [2.75, 3.05) is 13.2 Å². The molecule has 2 rings (SSSR count). The number of carbonyl (C=O) groups is 1. The van der Waals surface area contributed by atoms with Crippen molar-refractivity contribution in [2.24, 2.45) is 5.41 Å². The molecule has 4 heteroatoms. The SMILES string of the molecule is CCC(CC)(CCO)CNC(=O)C(C)c1cc2ccccc2o1. The first kappa shape index (κ1) is 17.5. The normalized spacial score (nSPS) is 13.2. The summed E-state index contributed by atoms with van der Waals surface area (Å²) in [5, 5.41) is 13.3. The monoisotopic (exact) mass is 317 g/mol. The van der Waals surface area contributed by atoms with Crippen LogP contribution in [0.2, 0.25) is 0 Å². The van der Waals surface area contributed by atoms with Crippen molar-refractivity contribution < 1.29 is 14.3 Å². The summed E-state index contributed by atoms with van der Waals surface area (Å²) in [5.41, 5.74) is 0.775. The largest absolute Gasteiger partial charge is 0.460 e. The molecule has 0 aliphatic rings. The molecule has 0 fully saturated rings. The minimum atomic E-state index is -0.331. The molecule has 4 nitrogen and oxygen atoms in total. The maximum atomic E-state index is 12.5. The van der Waals surface area contributed by atoms with Crippen LogP contribution in [0, 0.1) is 5.41 Å². The Balaban J connectivity index is 2.04. The van der Waals surface area contributed by atoms with E-state index in [1.807, 2.05) is 37.3 Å². The number of benzene rings is 1. The van der Waals surface area contributed by atoms with E-state index in [0.29, 0.717) is 18.7 Å². The standard InChI is InChI=1S/C19H27NO3/c1-4-19(5-2,10-11-21)13-20-18(22)14(3)17-12-15-8-6-7-9-16(15)23-17/h6-9,12,14,21H,4-5,10-11,13H2,1-3H3,(H,20,22). The molecule has 2 N–H and O–H groups in total. The van der Waals surface area contributed by atoms with Gasteiger partial charge in [0.1, 0.15) is 11.3 Å². The Hall–Kier alpha value is -1.81. The fourth-order valence-electron chi connectivity index (χ4n) is 2.95. The molecule has 0 radical (unpaired) electrons. The highest BCUT2D eigenvalue weighted by Gasteiger charge is 2.28. The molecule has 1 aromatic heterocycles. The van der Waals surface area contributed by atoms with Gasteiger partial charge in [0.05, 0.1) is 5.92 Å². The molecule has 0 aliphatic carbocycles. The number of furan rings is 1. The van der Waals surface area contributed by atoms with Crippen LogP contribution in [0.4, 0.5) is 0 Å². The van der Waals surface area contributed by atoms with Crippen LogP contribution in [0.15, 0.2) is 34.7 Å². The van der Waals surface area contributed by atoms with Crippen molar-refractivity contribution in [1.82, 2.24) is 5.32 Å². The predicted octanol–water partition coefficient (Wildman–Crippen LogP) is 3.84. The lowest BCUT2D eigenvalue weighted by molar-refractivity contribution is -0.123. The summed E-state index contributed by atoms with van der Waals surface area (Å²) in [4.78, 5) is 12.5. The van der Waals surface area contributed by atoms with Gasteiger partial charge in [-0.1, -0.05) is 32.0 Å². The fourth-order valence-corrected chi connectivity index (χ4v) is 2.95. The molecule has 0 saturated heterocycles. The molecule has 2 aromatic rings. The van der Waals surface area contributed by atoms with Crippen LogP contribution in [0.1, 0.15) is 51.7 Å². The number of aliphatic hydroxyl groups excluding tert-OH is 1.